The first-order valence-corrected chi connectivity index (χ1v) is 13.7. The molecule has 8 nitrogen and oxygen atoms in total. The van der Waals surface area contributed by atoms with Gasteiger partial charge in [0, 0.05) is 25.7 Å². The maximum absolute atomic E-state index is 13.8. The van der Waals surface area contributed by atoms with E-state index in [0.29, 0.717) is 39.7 Å². The number of nitriles is 1. The van der Waals surface area contributed by atoms with Gasteiger partial charge >= 0.3 is 0 Å². The Kier molecular flexibility index (Phi) is 7.54. The summed E-state index contributed by atoms with van der Waals surface area (Å²) in [6.45, 7) is 4.03. The summed E-state index contributed by atoms with van der Waals surface area (Å²) in [6, 6.07) is 19.3. The van der Waals surface area contributed by atoms with E-state index in [-0.39, 0.29) is 24.1 Å². The second-order valence-electron chi connectivity index (χ2n) is 9.60. The zero-order valence-electron chi connectivity index (χ0n) is 21.3. The fraction of sp³-hybridized carbons (Fsp3) is 0.310. The smallest absolute Gasteiger partial charge is 0.273 e. The first-order valence-electron chi connectivity index (χ1n) is 12.9. The second-order valence-corrected chi connectivity index (χ2v) is 10.7. The van der Waals surface area contributed by atoms with E-state index < -0.39 is 0 Å². The maximum atomic E-state index is 13.8. The molecule has 1 amide bonds. The number of benzene rings is 2. The van der Waals surface area contributed by atoms with Crippen molar-refractivity contribution in [2.75, 3.05) is 18.0 Å². The standard InChI is InChI=1S/C29H30N6O2S/c1-2-19-7-5-8-20(13-19)16-32-27(36)25-14-24-26(38-25)28(37)35(17-22-10-4-3-9-21(22)15-30)29(33-24)34-12-6-11-23(31)18-34/h3-5,7-10,13-14,23H,2,6,11-12,16-18,31H2,1H3,(H,32,36). The van der Waals surface area contributed by atoms with Crippen LogP contribution in [0.1, 0.15) is 51.7 Å². The molecule has 1 saturated heterocycles. The highest BCUT2D eigenvalue weighted by molar-refractivity contribution is 7.20. The van der Waals surface area contributed by atoms with Crippen LogP contribution in [0.3, 0.4) is 0 Å². The zero-order valence-corrected chi connectivity index (χ0v) is 22.1. The van der Waals surface area contributed by atoms with Gasteiger partial charge in [0.2, 0.25) is 5.95 Å². The van der Waals surface area contributed by atoms with E-state index in [2.05, 4.69) is 30.4 Å². The Hall–Kier alpha value is -4.00. The molecule has 38 heavy (non-hydrogen) atoms. The number of nitrogens with one attached hydrogen (secondary N) is 1. The number of hydrogen-bond donors (Lipinski definition) is 2. The Morgan fingerprint density at radius 1 is 1.21 bits per heavy atom. The number of aromatic nitrogens is 2. The average Bonchev–Trinajstić information content (AvgIpc) is 3.38. The number of amides is 1. The molecule has 0 bridgehead atoms. The molecule has 0 saturated carbocycles. The molecule has 1 unspecified atom stereocenters. The van der Waals surface area contributed by atoms with E-state index in [0.717, 1.165) is 48.3 Å². The number of anilines is 1. The van der Waals surface area contributed by atoms with Gasteiger partial charge in [-0.15, -0.1) is 11.3 Å². The van der Waals surface area contributed by atoms with Gasteiger partial charge < -0.3 is 16.0 Å². The van der Waals surface area contributed by atoms with Gasteiger partial charge in [-0.2, -0.15) is 5.26 Å². The van der Waals surface area contributed by atoms with Gasteiger partial charge in [-0.3, -0.25) is 14.2 Å². The summed E-state index contributed by atoms with van der Waals surface area (Å²) in [7, 11) is 0. The molecule has 4 aromatic rings. The lowest BCUT2D eigenvalue weighted by Gasteiger charge is -2.33. The lowest BCUT2D eigenvalue weighted by atomic mass is 10.1. The molecule has 3 N–H and O–H groups in total. The number of nitrogens with two attached hydrogens (primary N) is 1. The molecule has 1 atom stereocenters. The quantitative estimate of drug-likeness (QED) is 0.378. The number of carbonyl (C=O) groups excluding carboxylic acids is 1. The summed E-state index contributed by atoms with van der Waals surface area (Å²) in [6.07, 6.45) is 2.75. The minimum Gasteiger partial charge on any atom is -0.347 e. The molecule has 0 radical (unpaired) electrons. The van der Waals surface area contributed by atoms with E-state index in [1.807, 2.05) is 29.2 Å². The molecule has 5 rings (SSSR count). The molecule has 1 fully saturated rings. The summed E-state index contributed by atoms with van der Waals surface area (Å²) in [5.74, 6) is 0.281. The molecule has 2 aromatic carbocycles. The minimum atomic E-state index is -0.239. The highest BCUT2D eigenvalue weighted by Gasteiger charge is 2.24. The Labute approximate surface area is 225 Å². The molecule has 3 heterocycles. The number of rotatable bonds is 7. The minimum absolute atomic E-state index is 0.00813. The Balaban J connectivity index is 1.51. The van der Waals surface area contributed by atoms with E-state index in [4.69, 9.17) is 10.7 Å². The van der Waals surface area contributed by atoms with Crippen molar-refractivity contribution in [3.05, 3.63) is 92.1 Å². The number of thiophene rings is 1. The normalized spacial score (nSPS) is 15.4. The lowest BCUT2D eigenvalue weighted by Crippen LogP contribution is -2.45. The van der Waals surface area contributed by atoms with Gasteiger partial charge in [0.1, 0.15) is 4.70 Å². The van der Waals surface area contributed by atoms with E-state index in [1.54, 1.807) is 22.8 Å². The number of carbonyl (C=O) groups is 1. The van der Waals surface area contributed by atoms with Crippen molar-refractivity contribution in [3.63, 3.8) is 0 Å². The Morgan fingerprint density at radius 2 is 2.03 bits per heavy atom. The van der Waals surface area contributed by atoms with Crippen molar-refractivity contribution >= 4 is 33.4 Å². The number of aryl methyl sites for hydroxylation is 1. The molecular formula is C29H30N6O2S. The van der Waals surface area contributed by atoms with Crippen LogP contribution in [0.2, 0.25) is 0 Å². The van der Waals surface area contributed by atoms with Crippen LogP contribution >= 0.6 is 11.3 Å². The van der Waals surface area contributed by atoms with Gasteiger partial charge in [-0.1, -0.05) is 49.4 Å². The largest absolute Gasteiger partial charge is 0.347 e. The first kappa shape index (κ1) is 25.6. The maximum Gasteiger partial charge on any atom is 0.273 e. The topological polar surface area (TPSA) is 117 Å². The number of hydrogen-bond acceptors (Lipinski definition) is 7. The van der Waals surface area contributed by atoms with Crippen molar-refractivity contribution < 1.29 is 4.79 Å². The molecule has 194 valence electrons. The zero-order chi connectivity index (χ0) is 26.6. The first-order chi connectivity index (χ1) is 18.5. The van der Waals surface area contributed by atoms with Crippen LogP contribution in [0, 0.1) is 11.3 Å². The molecule has 1 aliphatic heterocycles. The summed E-state index contributed by atoms with van der Waals surface area (Å²) >= 11 is 1.15. The van der Waals surface area contributed by atoms with E-state index in [9.17, 15) is 14.9 Å². The summed E-state index contributed by atoms with van der Waals surface area (Å²) in [5, 5.41) is 12.6. The van der Waals surface area contributed by atoms with Crippen molar-refractivity contribution in [1.29, 1.82) is 5.26 Å². The van der Waals surface area contributed by atoms with Gasteiger partial charge in [0.15, 0.2) is 0 Å². The molecule has 0 spiro atoms. The monoisotopic (exact) mass is 526 g/mol. The molecule has 1 aliphatic rings. The lowest BCUT2D eigenvalue weighted by molar-refractivity contribution is 0.0955. The third-order valence-corrected chi connectivity index (χ3v) is 8.01. The average molecular weight is 527 g/mol. The predicted octanol–water partition coefficient (Wildman–Crippen LogP) is 3.80. The SMILES string of the molecule is CCc1cccc(CNC(=O)c2cc3nc(N4CCCC(N)C4)n(Cc4ccccc4C#N)c(=O)c3s2)c1. The Bertz CT molecular complexity index is 1580. The molecular weight excluding hydrogens is 496 g/mol. The van der Waals surface area contributed by atoms with E-state index in [1.165, 1.54) is 5.56 Å². The second kappa shape index (κ2) is 11.2. The summed E-state index contributed by atoms with van der Waals surface area (Å²) < 4.78 is 2.04. The fourth-order valence-corrected chi connectivity index (χ4v) is 5.82. The van der Waals surface area contributed by atoms with Crippen LogP contribution in [0.25, 0.3) is 10.2 Å². The molecule has 2 aromatic heterocycles. The molecule has 0 aliphatic carbocycles. The number of nitrogens with zero attached hydrogens (tertiary/aromatic N) is 4. The van der Waals surface area contributed by atoms with Gasteiger partial charge in [0.25, 0.3) is 11.5 Å². The van der Waals surface area contributed by atoms with Crippen LogP contribution in [-0.2, 0) is 19.5 Å². The van der Waals surface area contributed by atoms with Gasteiger partial charge in [0.05, 0.1) is 28.6 Å². The summed E-state index contributed by atoms with van der Waals surface area (Å²) in [5.41, 5.74) is 10.0. The van der Waals surface area contributed by atoms with Crippen LogP contribution in [-0.4, -0.2) is 34.6 Å². The van der Waals surface area contributed by atoms with Crippen LogP contribution in [0.4, 0.5) is 5.95 Å². The van der Waals surface area contributed by atoms with Crippen LogP contribution < -0.4 is 21.5 Å². The highest BCUT2D eigenvalue weighted by Crippen LogP contribution is 2.26. The summed E-state index contributed by atoms with van der Waals surface area (Å²) in [4.78, 5) is 34.2. The van der Waals surface area contributed by atoms with Crippen molar-refractivity contribution in [1.82, 2.24) is 14.9 Å². The van der Waals surface area contributed by atoms with Gasteiger partial charge in [-0.25, -0.2) is 4.98 Å². The van der Waals surface area contributed by atoms with Crippen LogP contribution in [0.15, 0.2) is 59.4 Å². The number of piperidine rings is 1. The van der Waals surface area contributed by atoms with E-state index >= 15 is 0 Å². The van der Waals surface area contributed by atoms with Crippen LogP contribution in [0.5, 0.6) is 0 Å². The van der Waals surface area contributed by atoms with Crippen molar-refractivity contribution in [2.45, 2.75) is 45.3 Å². The fourth-order valence-electron chi connectivity index (χ4n) is 4.85. The van der Waals surface area contributed by atoms with Crippen molar-refractivity contribution in [3.8, 4) is 6.07 Å². The third kappa shape index (κ3) is 5.32. The predicted molar refractivity (Wildman–Crippen MR) is 151 cm³/mol. The third-order valence-electron chi connectivity index (χ3n) is 6.90. The highest BCUT2D eigenvalue weighted by atomic mass is 32.1. The number of fused-ring (bicyclic) bond motifs is 1. The van der Waals surface area contributed by atoms with Crippen molar-refractivity contribution in [2.24, 2.45) is 5.73 Å². The molecule has 9 heteroatoms. The Morgan fingerprint density at radius 3 is 2.82 bits per heavy atom. The van der Waals surface area contributed by atoms with Gasteiger partial charge in [-0.05, 0) is 48.1 Å².